The van der Waals surface area contributed by atoms with Crippen molar-refractivity contribution in [2.24, 2.45) is 7.05 Å². The van der Waals surface area contributed by atoms with Crippen LogP contribution in [0.2, 0.25) is 0 Å². The first-order valence-electron chi connectivity index (χ1n) is 11.0. The highest BCUT2D eigenvalue weighted by molar-refractivity contribution is 6.01. The van der Waals surface area contributed by atoms with E-state index >= 15 is 0 Å². The quantitative estimate of drug-likeness (QED) is 0.484. The van der Waals surface area contributed by atoms with Gasteiger partial charge in [-0.3, -0.25) is 9.48 Å². The van der Waals surface area contributed by atoms with E-state index in [1.807, 2.05) is 0 Å². The fourth-order valence-electron chi connectivity index (χ4n) is 3.84. The van der Waals surface area contributed by atoms with Crippen LogP contribution in [0.15, 0.2) is 36.7 Å². The zero-order valence-corrected chi connectivity index (χ0v) is 19.5. The molecule has 186 valence electrons. The van der Waals surface area contributed by atoms with Crippen molar-refractivity contribution in [2.45, 2.75) is 13.1 Å². The first-order valence-corrected chi connectivity index (χ1v) is 11.0. The molecule has 0 bridgehead atoms. The number of rotatable bonds is 6. The van der Waals surface area contributed by atoms with Crippen LogP contribution in [-0.4, -0.2) is 54.0 Å². The average molecular weight is 490 g/mol. The molecule has 1 aliphatic rings. The molecule has 4 rings (SSSR count). The van der Waals surface area contributed by atoms with Crippen LogP contribution >= 0.6 is 0 Å². The van der Waals surface area contributed by atoms with Crippen molar-refractivity contribution in [2.75, 3.05) is 48.9 Å². The fourth-order valence-corrected chi connectivity index (χ4v) is 3.84. The number of nitrogens with one attached hydrogen (secondary N) is 3. The van der Waals surface area contributed by atoms with Crippen molar-refractivity contribution in [3.05, 3.63) is 53.5 Å². The summed E-state index contributed by atoms with van der Waals surface area (Å²) in [6.07, 6.45) is -2.19. The average Bonchev–Trinajstić information content (AvgIpc) is 3.15. The van der Waals surface area contributed by atoms with E-state index in [-0.39, 0.29) is 22.8 Å². The topological polar surface area (TPSA) is 96.3 Å². The molecule has 0 atom stereocenters. The number of carbonyl (C=O) groups is 1. The van der Waals surface area contributed by atoms with Gasteiger partial charge in [-0.2, -0.15) is 18.3 Å². The molecular formula is C23H26F3N7O2. The van der Waals surface area contributed by atoms with E-state index in [1.165, 1.54) is 13.1 Å². The summed E-state index contributed by atoms with van der Waals surface area (Å²) < 4.78 is 48.4. The Balaban J connectivity index is 1.71. The highest BCUT2D eigenvalue weighted by atomic mass is 19.4. The second kappa shape index (κ2) is 9.82. The SMILES string of the molecule is CNC(=O)c1cc(N2CCOCC2)ccc1Nc1cc(Nc2cn(C)nc2C)ncc1C(F)(F)F. The highest BCUT2D eigenvalue weighted by Gasteiger charge is 2.34. The minimum absolute atomic E-state index is 0.197. The standard InChI is InChI=1S/C23H26F3N7O2/c1-14-20(13-32(3)31-14)30-21-11-19(17(12-28-21)23(24,25)26)29-18-5-4-15(10-16(18)22(34)27-2)33-6-8-35-9-7-33/h4-5,10-13H,6-9H2,1-3H3,(H,27,34)(H2,28,29,30). The summed E-state index contributed by atoms with van der Waals surface area (Å²) in [6.45, 7) is 4.22. The van der Waals surface area contributed by atoms with Gasteiger partial charge in [0.2, 0.25) is 0 Å². The number of carbonyl (C=O) groups excluding carboxylic acids is 1. The maximum atomic E-state index is 13.8. The van der Waals surface area contributed by atoms with Crippen LogP contribution < -0.4 is 20.9 Å². The van der Waals surface area contributed by atoms with Gasteiger partial charge in [0.05, 0.1) is 47.1 Å². The summed E-state index contributed by atoms with van der Waals surface area (Å²) in [6, 6.07) is 6.30. The number of hydrogen-bond acceptors (Lipinski definition) is 7. The Morgan fingerprint density at radius 2 is 1.83 bits per heavy atom. The summed E-state index contributed by atoms with van der Waals surface area (Å²) >= 11 is 0. The maximum absolute atomic E-state index is 13.8. The summed E-state index contributed by atoms with van der Waals surface area (Å²) in [4.78, 5) is 18.6. The number of benzene rings is 1. The smallest absolute Gasteiger partial charge is 0.378 e. The van der Waals surface area contributed by atoms with Crippen molar-refractivity contribution in [1.82, 2.24) is 20.1 Å². The van der Waals surface area contributed by atoms with E-state index in [1.54, 1.807) is 43.0 Å². The zero-order valence-electron chi connectivity index (χ0n) is 19.5. The molecule has 3 heterocycles. The van der Waals surface area contributed by atoms with Gasteiger partial charge in [-0.25, -0.2) is 4.98 Å². The van der Waals surface area contributed by atoms with Gasteiger partial charge in [-0.1, -0.05) is 0 Å². The first-order chi connectivity index (χ1) is 16.7. The Morgan fingerprint density at radius 1 is 1.09 bits per heavy atom. The number of alkyl halides is 3. The van der Waals surface area contributed by atoms with Crippen LogP contribution in [0.25, 0.3) is 0 Å². The Kier molecular flexibility index (Phi) is 6.83. The molecular weight excluding hydrogens is 463 g/mol. The molecule has 3 N–H and O–H groups in total. The summed E-state index contributed by atoms with van der Waals surface area (Å²) in [5.41, 5.74) is 1.35. The molecule has 12 heteroatoms. The summed E-state index contributed by atoms with van der Waals surface area (Å²) in [7, 11) is 3.21. The Morgan fingerprint density at radius 3 is 2.46 bits per heavy atom. The van der Waals surface area contributed by atoms with Gasteiger partial charge >= 0.3 is 6.18 Å². The minimum Gasteiger partial charge on any atom is -0.378 e. The number of hydrogen-bond donors (Lipinski definition) is 3. The Labute approximate surface area is 200 Å². The predicted octanol–water partition coefficient (Wildman–Crippen LogP) is 3.83. The molecule has 0 unspecified atom stereocenters. The van der Waals surface area contributed by atoms with Gasteiger partial charge in [0.15, 0.2) is 0 Å². The third kappa shape index (κ3) is 5.48. The predicted molar refractivity (Wildman–Crippen MR) is 127 cm³/mol. The largest absolute Gasteiger partial charge is 0.419 e. The second-order valence-corrected chi connectivity index (χ2v) is 8.07. The van der Waals surface area contributed by atoms with E-state index in [4.69, 9.17) is 4.74 Å². The molecule has 0 saturated carbocycles. The number of nitrogens with zero attached hydrogens (tertiary/aromatic N) is 4. The molecule has 0 radical (unpaired) electrons. The van der Waals surface area contributed by atoms with Gasteiger partial charge in [0, 0.05) is 51.3 Å². The van der Waals surface area contributed by atoms with Crippen molar-refractivity contribution < 1.29 is 22.7 Å². The zero-order chi connectivity index (χ0) is 25.2. The lowest BCUT2D eigenvalue weighted by molar-refractivity contribution is -0.137. The van der Waals surface area contributed by atoms with E-state index in [9.17, 15) is 18.0 Å². The van der Waals surface area contributed by atoms with Gasteiger partial charge < -0.3 is 25.6 Å². The number of pyridine rings is 1. The molecule has 9 nitrogen and oxygen atoms in total. The molecule has 1 fully saturated rings. The van der Waals surface area contributed by atoms with Crippen LogP contribution in [-0.2, 0) is 18.0 Å². The van der Waals surface area contributed by atoms with Crippen LogP contribution in [0.5, 0.6) is 0 Å². The number of aryl methyl sites for hydroxylation is 2. The van der Waals surface area contributed by atoms with Crippen molar-refractivity contribution in [3.8, 4) is 0 Å². The van der Waals surface area contributed by atoms with E-state index in [0.29, 0.717) is 37.7 Å². The number of halogens is 3. The lowest BCUT2D eigenvalue weighted by Crippen LogP contribution is -2.36. The van der Waals surface area contributed by atoms with E-state index in [2.05, 4.69) is 30.9 Å². The first kappa shape index (κ1) is 24.3. The second-order valence-electron chi connectivity index (χ2n) is 8.07. The van der Waals surface area contributed by atoms with Crippen molar-refractivity contribution in [3.63, 3.8) is 0 Å². The Hall–Kier alpha value is -3.80. The Bertz CT molecular complexity index is 1220. The third-order valence-corrected chi connectivity index (χ3v) is 5.61. The molecule has 1 aliphatic heterocycles. The molecule has 35 heavy (non-hydrogen) atoms. The summed E-state index contributed by atoms with van der Waals surface area (Å²) in [5.74, 6) is -0.224. The van der Waals surface area contributed by atoms with E-state index < -0.39 is 17.6 Å². The number of aromatic nitrogens is 3. The normalized spacial score (nSPS) is 14.1. The third-order valence-electron chi connectivity index (χ3n) is 5.61. The molecule has 3 aromatic rings. The molecule has 1 saturated heterocycles. The highest BCUT2D eigenvalue weighted by Crippen LogP contribution is 2.38. The minimum atomic E-state index is -4.65. The van der Waals surface area contributed by atoms with Gasteiger partial charge in [-0.15, -0.1) is 0 Å². The fraction of sp³-hybridized carbons (Fsp3) is 0.348. The van der Waals surface area contributed by atoms with Crippen LogP contribution in [0.4, 0.5) is 41.7 Å². The molecule has 1 amide bonds. The number of ether oxygens (including phenoxy) is 1. The van der Waals surface area contributed by atoms with Crippen molar-refractivity contribution in [1.29, 1.82) is 0 Å². The van der Waals surface area contributed by atoms with Gasteiger partial charge in [0.1, 0.15) is 5.82 Å². The van der Waals surface area contributed by atoms with Crippen LogP contribution in [0.3, 0.4) is 0 Å². The number of morpholine rings is 1. The van der Waals surface area contributed by atoms with Gasteiger partial charge in [0.25, 0.3) is 5.91 Å². The molecule has 2 aromatic heterocycles. The van der Waals surface area contributed by atoms with E-state index in [0.717, 1.165) is 11.9 Å². The number of amides is 1. The number of anilines is 5. The maximum Gasteiger partial charge on any atom is 0.419 e. The molecule has 0 spiro atoms. The molecule has 1 aromatic carbocycles. The molecule has 0 aliphatic carbocycles. The lowest BCUT2D eigenvalue weighted by atomic mass is 10.1. The van der Waals surface area contributed by atoms with Crippen LogP contribution in [0.1, 0.15) is 21.6 Å². The van der Waals surface area contributed by atoms with Crippen molar-refractivity contribution >= 4 is 34.5 Å². The van der Waals surface area contributed by atoms with Crippen LogP contribution in [0, 0.1) is 6.92 Å². The summed E-state index contributed by atoms with van der Waals surface area (Å²) in [5, 5.41) is 12.6. The monoisotopic (exact) mass is 489 g/mol. The lowest BCUT2D eigenvalue weighted by Gasteiger charge is -2.29. The van der Waals surface area contributed by atoms with Gasteiger partial charge in [-0.05, 0) is 25.1 Å².